The Labute approximate surface area is 141 Å². The average Bonchev–Trinajstić information content (AvgIpc) is 2.94. The molecule has 1 heterocycles. The van der Waals surface area contributed by atoms with E-state index in [4.69, 9.17) is 4.52 Å². The number of hydrogen-bond donors (Lipinski definition) is 1. The number of nitrogens with one attached hydrogen (secondary N) is 1. The molecular formula is C20H34N2O. The highest BCUT2D eigenvalue weighted by Crippen LogP contribution is 2.48. The van der Waals surface area contributed by atoms with Crippen molar-refractivity contribution in [2.75, 3.05) is 0 Å². The molecule has 0 bridgehead atoms. The van der Waals surface area contributed by atoms with Crippen LogP contribution in [0.2, 0.25) is 0 Å². The van der Waals surface area contributed by atoms with Gasteiger partial charge in [-0.15, -0.1) is 0 Å². The molecule has 3 nitrogen and oxygen atoms in total. The lowest BCUT2D eigenvalue weighted by molar-refractivity contribution is 0.00900. The standard InChI is InChI=1S/C20H34N2O/c1-14(2)21-19-12-16(20(19,3)4)11-17-13-18(23-22-17)10-15-8-6-5-7-9-15/h13-16,19,21H,5-12H2,1-4H3. The summed E-state index contributed by atoms with van der Waals surface area (Å²) in [5.41, 5.74) is 1.52. The lowest BCUT2D eigenvalue weighted by atomic mass is 9.57. The molecule has 0 aliphatic heterocycles. The fourth-order valence-electron chi connectivity index (χ4n) is 4.52. The second-order valence-corrected chi connectivity index (χ2v) is 8.82. The van der Waals surface area contributed by atoms with E-state index in [1.807, 2.05) is 0 Å². The average molecular weight is 319 g/mol. The molecular weight excluding hydrogens is 284 g/mol. The van der Waals surface area contributed by atoms with Crippen LogP contribution in [0.4, 0.5) is 0 Å². The van der Waals surface area contributed by atoms with Gasteiger partial charge in [-0.3, -0.25) is 0 Å². The van der Waals surface area contributed by atoms with Crippen molar-refractivity contribution in [3.05, 3.63) is 17.5 Å². The van der Waals surface area contributed by atoms with Gasteiger partial charge in [0.2, 0.25) is 0 Å². The molecule has 130 valence electrons. The Morgan fingerprint density at radius 2 is 1.96 bits per heavy atom. The largest absolute Gasteiger partial charge is 0.361 e. The fourth-order valence-corrected chi connectivity index (χ4v) is 4.52. The minimum atomic E-state index is 0.354. The monoisotopic (exact) mass is 318 g/mol. The van der Waals surface area contributed by atoms with Crippen molar-refractivity contribution in [2.24, 2.45) is 17.3 Å². The van der Waals surface area contributed by atoms with Crippen LogP contribution >= 0.6 is 0 Å². The third-order valence-electron chi connectivity index (χ3n) is 6.28. The first kappa shape index (κ1) is 17.0. The van der Waals surface area contributed by atoms with Gasteiger partial charge in [0.15, 0.2) is 0 Å². The van der Waals surface area contributed by atoms with Crippen molar-refractivity contribution in [2.45, 2.75) is 91.1 Å². The Kier molecular flexibility index (Phi) is 5.15. The first-order chi connectivity index (χ1) is 10.9. The van der Waals surface area contributed by atoms with Crippen LogP contribution in [0.5, 0.6) is 0 Å². The Morgan fingerprint density at radius 1 is 1.22 bits per heavy atom. The number of hydrogen-bond acceptors (Lipinski definition) is 3. The maximum atomic E-state index is 5.63. The summed E-state index contributed by atoms with van der Waals surface area (Å²) in [6.45, 7) is 9.26. The van der Waals surface area contributed by atoms with E-state index >= 15 is 0 Å². The highest BCUT2D eigenvalue weighted by Gasteiger charge is 2.47. The van der Waals surface area contributed by atoms with Crippen LogP contribution in [0, 0.1) is 17.3 Å². The van der Waals surface area contributed by atoms with Gasteiger partial charge in [0, 0.05) is 24.6 Å². The molecule has 2 saturated carbocycles. The topological polar surface area (TPSA) is 38.1 Å². The first-order valence-corrected chi connectivity index (χ1v) is 9.65. The molecule has 23 heavy (non-hydrogen) atoms. The third-order valence-corrected chi connectivity index (χ3v) is 6.28. The second-order valence-electron chi connectivity index (χ2n) is 8.82. The summed E-state index contributed by atoms with van der Waals surface area (Å²) in [5.74, 6) is 2.65. The van der Waals surface area contributed by atoms with Crippen molar-refractivity contribution < 1.29 is 4.52 Å². The van der Waals surface area contributed by atoms with Gasteiger partial charge in [-0.25, -0.2) is 0 Å². The van der Waals surface area contributed by atoms with Gasteiger partial charge in [0.05, 0.1) is 5.69 Å². The zero-order valence-corrected chi connectivity index (χ0v) is 15.4. The number of rotatable bonds is 6. The maximum Gasteiger partial charge on any atom is 0.137 e. The van der Waals surface area contributed by atoms with E-state index in [0.29, 0.717) is 23.4 Å². The van der Waals surface area contributed by atoms with Crippen LogP contribution in [0.15, 0.2) is 10.6 Å². The van der Waals surface area contributed by atoms with E-state index in [-0.39, 0.29) is 0 Å². The SMILES string of the molecule is CC(C)NC1CC(Cc2cc(CC3CCCCC3)on2)C1(C)C. The predicted molar refractivity (Wildman–Crippen MR) is 94.4 cm³/mol. The van der Waals surface area contributed by atoms with E-state index in [1.54, 1.807) is 0 Å². The van der Waals surface area contributed by atoms with E-state index in [0.717, 1.165) is 30.2 Å². The zero-order chi connectivity index (χ0) is 16.4. The molecule has 0 amide bonds. The molecule has 0 aromatic carbocycles. The van der Waals surface area contributed by atoms with Gasteiger partial charge in [0.25, 0.3) is 0 Å². The summed E-state index contributed by atoms with van der Waals surface area (Å²) in [7, 11) is 0. The lowest BCUT2D eigenvalue weighted by Crippen LogP contribution is -2.58. The molecule has 2 unspecified atom stereocenters. The maximum absolute atomic E-state index is 5.63. The smallest absolute Gasteiger partial charge is 0.137 e. The van der Waals surface area contributed by atoms with Crippen LogP contribution in [-0.4, -0.2) is 17.2 Å². The first-order valence-electron chi connectivity index (χ1n) is 9.65. The van der Waals surface area contributed by atoms with E-state index in [9.17, 15) is 0 Å². The van der Waals surface area contributed by atoms with Crippen LogP contribution in [-0.2, 0) is 12.8 Å². The van der Waals surface area contributed by atoms with Crippen molar-refractivity contribution in [3.63, 3.8) is 0 Å². The van der Waals surface area contributed by atoms with Crippen molar-refractivity contribution in [3.8, 4) is 0 Å². The summed E-state index contributed by atoms with van der Waals surface area (Å²) in [5, 5.41) is 8.06. The number of aromatic nitrogens is 1. The van der Waals surface area contributed by atoms with Crippen LogP contribution in [0.1, 0.15) is 77.7 Å². The summed E-state index contributed by atoms with van der Waals surface area (Å²) in [4.78, 5) is 0. The zero-order valence-electron chi connectivity index (χ0n) is 15.4. The summed E-state index contributed by atoms with van der Waals surface area (Å²) >= 11 is 0. The highest BCUT2D eigenvalue weighted by atomic mass is 16.5. The minimum Gasteiger partial charge on any atom is -0.361 e. The summed E-state index contributed by atoms with van der Waals surface area (Å²) in [6, 6.07) is 3.43. The van der Waals surface area contributed by atoms with E-state index in [2.05, 4.69) is 44.2 Å². The molecule has 1 aromatic rings. The van der Waals surface area contributed by atoms with Crippen LogP contribution in [0.3, 0.4) is 0 Å². The van der Waals surface area contributed by atoms with E-state index in [1.165, 1.54) is 38.5 Å². The molecule has 3 heteroatoms. The quantitative estimate of drug-likeness (QED) is 0.822. The molecule has 2 atom stereocenters. The lowest BCUT2D eigenvalue weighted by Gasteiger charge is -2.53. The fraction of sp³-hybridized carbons (Fsp3) is 0.850. The Hall–Kier alpha value is -0.830. The van der Waals surface area contributed by atoms with Crippen LogP contribution in [0.25, 0.3) is 0 Å². The molecule has 2 aliphatic carbocycles. The highest BCUT2D eigenvalue weighted by molar-refractivity contribution is 5.12. The van der Waals surface area contributed by atoms with Gasteiger partial charge in [-0.05, 0) is 30.1 Å². The molecule has 3 rings (SSSR count). The van der Waals surface area contributed by atoms with Gasteiger partial charge < -0.3 is 9.84 Å². The summed E-state index contributed by atoms with van der Waals surface area (Å²) < 4.78 is 5.63. The Morgan fingerprint density at radius 3 is 2.61 bits per heavy atom. The molecule has 0 spiro atoms. The molecule has 2 fully saturated rings. The second kappa shape index (κ2) is 6.96. The molecule has 1 N–H and O–H groups in total. The molecule has 0 radical (unpaired) electrons. The van der Waals surface area contributed by atoms with Crippen molar-refractivity contribution >= 4 is 0 Å². The van der Waals surface area contributed by atoms with E-state index < -0.39 is 0 Å². The van der Waals surface area contributed by atoms with Crippen molar-refractivity contribution in [1.82, 2.24) is 10.5 Å². The summed E-state index contributed by atoms with van der Waals surface area (Å²) in [6.07, 6.45) is 10.4. The third kappa shape index (κ3) is 3.99. The minimum absolute atomic E-state index is 0.354. The van der Waals surface area contributed by atoms with Gasteiger partial charge >= 0.3 is 0 Å². The van der Waals surface area contributed by atoms with Gasteiger partial charge in [-0.2, -0.15) is 0 Å². The Balaban J connectivity index is 1.51. The Bertz CT molecular complexity index is 499. The van der Waals surface area contributed by atoms with Crippen molar-refractivity contribution in [1.29, 1.82) is 0 Å². The molecule has 1 aromatic heterocycles. The van der Waals surface area contributed by atoms with Gasteiger partial charge in [0.1, 0.15) is 5.76 Å². The molecule has 0 saturated heterocycles. The van der Waals surface area contributed by atoms with Gasteiger partial charge in [-0.1, -0.05) is 65.0 Å². The number of nitrogens with zero attached hydrogens (tertiary/aromatic N) is 1. The molecule has 2 aliphatic rings. The predicted octanol–water partition coefficient (Wildman–Crippen LogP) is 4.75. The van der Waals surface area contributed by atoms with Crippen LogP contribution < -0.4 is 5.32 Å². The normalized spacial score (nSPS) is 28.0.